The third-order valence-electron chi connectivity index (χ3n) is 4.95. The second-order valence-corrected chi connectivity index (χ2v) is 7.94. The Morgan fingerprint density at radius 3 is 2.72 bits per heavy atom. The zero-order valence-corrected chi connectivity index (χ0v) is 17.8. The molecule has 0 unspecified atom stereocenters. The molecule has 29 heavy (non-hydrogen) atoms. The van der Waals surface area contributed by atoms with Crippen molar-refractivity contribution in [3.05, 3.63) is 30.9 Å². The van der Waals surface area contributed by atoms with Crippen molar-refractivity contribution in [2.45, 2.75) is 60.2 Å². The fourth-order valence-electron chi connectivity index (χ4n) is 3.32. The van der Waals surface area contributed by atoms with Crippen molar-refractivity contribution in [1.82, 2.24) is 24.3 Å². The zero-order chi connectivity index (χ0) is 21.0. The van der Waals surface area contributed by atoms with E-state index in [-0.39, 0.29) is 18.6 Å². The predicted molar refractivity (Wildman–Crippen MR) is 113 cm³/mol. The van der Waals surface area contributed by atoms with E-state index in [1.54, 1.807) is 12.4 Å². The minimum absolute atomic E-state index is 0.0657. The Labute approximate surface area is 171 Å². The maximum atomic E-state index is 11.8. The molecule has 0 saturated carbocycles. The molecule has 3 aromatic heterocycles. The van der Waals surface area contributed by atoms with Gasteiger partial charge in [0.2, 0.25) is 5.95 Å². The summed E-state index contributed by atoms with van der Waals surface area (Å²) in [5.74, 6) is 1.39. The number of hydrogen-bond donors (Lipinski definition) is 1. The van der Waals surface area contributed by atoms with Gasteiger partial charge in [-0.25, -0.2) is 4.98 Å². The van der Waals surface area contributed by atoms with Crippen LogP contribution < -0.4 is 5.32 Å². The Morgan fingerprint density at radius 1 is 1.24 bits per heavy atom. The molecule has 3 rings (SSSR count). The van der Waals surface area contributed by atoms with Crippen molar-refractivity contribution in [1.29, 1.82) is 0 Å². The molecule has 0 aliphatic heterocycles. The number of hydrogen-bond acceptors (Lipinski definition) is 6. The number of anilines is 2. The Morgan fingerprint density at radius 2 is 2.03 bits per heavy atom. The van der Waals surface area contributed by atoms with Crippen molar-refractivity contribution in [2.75, 3.05) is 5.32 Å². The van der Waals surface area contributed by atoms with E-state index in [9.17, 15) is 4.79 Å². The van der Waals surface area contributed by atoms with E-state index in [2.05, 4.69) is 46.9 Å². The van der Waals surface area contributed by atoms with Crippen molar-refractivity contribution in [3.63, 3.8) is 0 Å². The predicted octanol–water partition coefficient (Wildman–Crippen LogP) is 4.01. The molecule has 1 atom stereocenters. The van der Waals surface area contributed by atoms with Gasteiger partial charge in [0.25, 0.3) is 0 Å². The van der Waals surface area contributed by atoms with E-state index in [1.807, 2.05) is 26.1 Å². The molecular weight excluding hydrogens is 368 g/mol. The lowest BCUT2D eigenvalue weighted by molar-refractivity contribution is -0.148. The molecule has 0 spiro atoms. The summed E-state index contributed by atoms with van der Waals surface area (Å²) in [5.41, 5.74) is 1.63. The van der Waals surface area contributed by atoms with Gasteiger partial charge in [-0.05, 0) is 31.7 Å². The van der Waals surface area contributed by atoms with Crippen LogP contribution in [0, 0.1) is 11.8 Å². The first-order valence-corrected chi connectivity index (χ1v) is 10.2. The van der Waals surface area contributed by atoms with Crippen LogP contribution >= 0.6 is 0 Å². The Hall–Kier alpha value is -2.90. The molecule has 0 aliphatic rings. The van der Waals surface area contributed by atoms with Gasteiger partial charge in [-0.15, -0.1) is 0 Å². The summed E-state index contributed by atoms with van der Waals surface area (Å²) >= 11 is 0. The quantitative estimate of drug-likeness (QED) is 0.548. The minimum atomic E-state index is -0.319. The number of aromatic nitrogens is 5. The van der Waals surface area contributed by atoms with E-state index in [0.717, 1.165) is 24.0 Å². The first-order valence-electron chi connectivity index (χ1n) is 10.2. The van der Waals surface area contributed by atoms with E-state index >= 15 is 0 Å². The lowest BCUT2D eigenvalue weighted by Gasteiger charge is -2.20. The van der Waals surface area contributed by atoms with Crippen LogP contribution in [0.15, 0.2) is 30.9 Å². The summed E-state index contributed by atoms with van der Waals surface area (Å²) in [6.45, 7) is 11.4. The molecule has 0 fully saturated rings. The second-order valence-electron chi connectivity index (χ2n) is 7.94. The molecule has 3 heterocycles. The largest absolute Gasteiger partial charge is 0.462 e. The van der Waals surface area contributed by atoms with Gasteiger partial charge in [0.15, 0.2) is 0 Å². The Bertz CT molecular complexity index is 959. The molecule has 0 amide bonds. The number of ether oxygens (including phenoxy) is 1. The van der Waals surface area contributed by atoms with Crippen LogP contribution in [-0.4, -0.2) is 36.4 Å². The van der Waals surface area contributed by atoms with Gasteiger partial charge in [0.05, 0.1) is 18.0 Å². The highest BCUT2D eigenvalue weighted by molar-refractivity contribution is 5.76. The van der Waals surface area contributed by atoms with Gasteiger partial charge in [0.1, 0.15) is 12.2 Å². The molecular formula is C21H30N6O2. The third-order valence-corrected chi connectivity index (χ3v) is 4.95. The summed E-state index contributed by atoms with van der Waals surface area (Å²) in [4.78, 5) is 20.9. The van der Waals surface area contributed by atoms with E-state index in [1.165, 1.54) is 4.68 Å². The topological polar surface area (TPSA) is 86.9 Å². The average Bonchev–Trinajstić information content (AvgIpc) is 3.25. The van der Waals surface area contributed by atoms with Gasteiger partial charge in [-0.3, -0.25) is 9.48 Å². The number of nitrogens with zero attached hydrogens (tertiary/aromatic N) is 5. The smallest absolute Gasteiger partial charge is 0.328 e. The molecule has 8 nitrogen and oxygen atoms in total. The standard InChI is InChI=1S/C21H30N6O2/c1-6-16(14(2)3)11-26-8-7-17-9-22-21(25-20(17)26)24-18-10-23-27(12-18)13-19(28)29-15(4)5/h7-10,12,14-16H,6,11,13H2,1-5H3,(H,22,24,25)/t16-/m0/s1. The second kappa shape index (κ2) is 9.07. The van der Waals surface area contributed by atoms with Gasteiger partial charge in [-0.2, -0.15) is 10.1 Å². The molecule has 0 saturated heterocycles. The van der Waals surface area contributed by atoms with E-state index in [4.69, 9.17) is 9.72 Å². The molecule has 1 N–H and O–H groups in total. The maximum absolute atomic E-state index is 11.8. The van der Waals surface area contributed by atoms with Crippen molar-refractivity contribution in [3.8, 4) is 0 Å². The summed E-state index contributed by atoms with van der Waals surface area (Å²) < 4.78 is 8.87. The summed E-state index contributed by atoms with van der Waals surface area (Å²) in [6, 6.07) is 2.05. The molecule has 3 aromatic rings. The zero-order valence-electron chi connectivity index (χ0n) is 17.8. The normalized spacial score (nSPS) is 12.7. The number of rotatable bonds is 9. The lowest BCUT2D eigenvalue weighted by Crippen LogP contribution is -2.17. The molecule has 0 aromatic carbocycles. The highest BCUT2D eigenvalue weighted by Crippen LogP contribution is 2.22. The van der Waals surface area contributed by atoms with Gasteiger partial charge in [0, 0.05) is 30.5 Å². The van der Waals surface area contributed by atoms with Crippen LogP contribution in [0.4, 0.5) is 11.6 Å². The van der Waals surface area contributed by atoms with Crippen molar-refractivity contribution >= 4 is 28.6 Å². The van der Waals surface area contributed by atoms with Crippen LogP contribution in [0.2, 0.25) is 0 Å². The molecule has 0 radical (unpaired) electrons. The monoisotopic (exact) mass is 398 g/mol. The summed E-state index contributed by atoms with van der Waals surface area (Å²) in [6.07, 6.45) is 8.26. The molecule has 0 aliphatic carbocycles. The number of nitrogens with one attached hydrogen (secondary N) is 1. The van der Waals surface area contributed by atoms with Crippen LogP contribution in [-0.2, 0) is 22.6 Å². The van der Waals surface area contributed by atoms with E-state index < -0.39 is 0 Å². The van der Waals surface area contributed by atoms with Crippen molar-refractivity contribution < 1.29 is 9.53 Å². The Kier molecular flexibility index (Phi) is 6.51. The number of esters is 1. The van der Waals surface area contributed by atoms with Crippen LogP contribution in [0.1, 0.15) is 41.0 Å². The number of fused-ring (bicyclic) bond motifs is 1. The summed E-state index contributed by atoms with van der Waals surface area (Å²) in [5, 5.41) is 8.37. The minimum Gasteiger partial charge on any atom is -0.462 e. The van der Waals surface area contributed by atoms with Crippen LogP contribution in [0.3, 0.4) is 0 Å². The highest BCUT2D eigenvalue weighted by Gasteiger charge is 2.14. The van der Waals surface area contributed by atoms with Crippen molar-refractivity contribution in [2.24, 2.45) is 11.8 Å². The maximum Gasteiger partial charge on any atom is 0.328 e. The van der Waals surface area contributed by atoms with Gasteiger partial charge >= 0.3 is 5.97 Å². The fourth-order valence-corrected chi connectivity index (χ4v) is 3.32. The SMILES string of the molecule is CC[C@@H](Cn1ccc2cnc(Nc3cnn(CC(=O)OC(C)C)c3)nc21)C(C)C. The fraction of sp³-hybridized carbons (Fsp3) is 0.524. The molecule has 156 valence electrons. The van der Waals surface area contributed by atoms with Gasteiger partial charge < -0.3 is 14.6 Å². The summed E-state index contributed by atoms with van der Waals surface area (Å²) in [7, 11) is 0. The molecule has 0 bridgehead atoms. The third kappa shape index (κ3) is 5.34. The van der Waals surface area contributed by atoms with Gasteiger partial charge in [-0.1, -0.05) is 27.2 Å². The molecule has 8 heteroatoms. The highest BCUT2D eigenvalue weighted by atomic mass is 16.5. The Balaban J connectivity index is 1.72. The first-order chi connectivity index (χ1) is 13.9. The van der Waals surface area contributed by atoms with Crippen LogP contribution in [0.25, 0.3) is 11.0 Å². The number of carbonyl (C=O) groups excluding carboxylic acids is 1. The first kappa shape index (κ1) is 20.8. The lowest BCUT2D eigenvalue weighted by atomic mass is 9.93. The average molecular weight is 399 g/mol. The van der Waals surface area contributed by atoms with E-state index in [0.29, 0.717) is 23.5 Å². The van der Waals surface area contributed by atoms with Crippen LogP contribution in [0.5, 0.6) is 0 Å². The number of carbonyl (C=O) groups is 1.